The average molecular weight is 222 g/mol. The number of benzene rings is 1. The van der Waals surface area contributed by atoms with Gasteiger partial charge in [0.05, 0.1) is 7.11 Å². The molecule has 2 unspecified atom stereocenters. The van der Waals surface area contributed by atoms with Crippen LogP contribution in [-0.4, -0.2) is 13.2 Å². The third-order valence-corrected chi connectivity index (χ3v) is 3.18. The van der Waals surface area contributed by atoms with E-state index in [1.54, 1.807) is 7.11 Å². The number of hydrogen-bond acceptors (Lipinski definition) is 3. The van der Waals surface area contributed by atoms with Gasteiger partial charge in [0.15, 0.2) is 0 Å². The standard InChI is InChI=1S/C13H22N2O/c1-4-10(2)12(15-14)9-11-7-5-6-8-13(11)16-3/h5-8,10,12,15H,4,9,14H2,1-3H3. The molecule has 1 aromatic rings. The second-order valence-corrected chi connectivity index (χ2v) is 4.17. The molecule has 1 aromatic carbocycles. The minimum Gasteiger partial charge on any atom is -0.496 e. The molecule has 1 rings (SSSR count). The maximum absolute atomic E-state index is 5.60. The average Bonchev–Trinajstić information content (AvgIpc) is 2.35. The van der Waals surface area contributed by atoms with Crippen molar-refractivity contribution in [3.8, 4) is 5.75 Å². The van der Waals surface area contributed by atoms with Crippen LogP contribution in [0.25, 0.3) is 0 Å². The molecule has 0 aliphatic carbocycles. The molecule has 0 aliphatic heterocycles. The number of rotatable bonds is 6. The zero-order valence-corrected chi connectivity index (χ0v) is 10.4. The predicted octanol–water partition coefficient (Wildman–Crippen LogP) is 2.12. The highest BCUT2D eigenvalue weighted by molar-refractivity contribution is 5.33. The lowest BCUT2D eigenvalue weighted by Gasteiger charge is -2.22. The first-order chi connectivity index (χ1) is 7.72. The lowest BCUT2D eigenvalue weighted by atomic mass is 9.93. The largest absolute Gasteiger partial charge is 0.496 e. The van der Waals surface area contributed by atoms with Crippen LogP contribution >= 0.6 is 0 Å². The molecule has 16 heavy (non-hydrogen) atoms. The third kappa shape index (κ3) is 3.22. The smallest absolute Gasteiger partial charge is 0.122 e. The Morgan fingerprint density at radius 1 is 1.38 bits per heavy atom. The summed E-state index contributed by atoms with van der Waals surface area (Å²) in [5, 5.41) is 0. The van der Waals surface area contributed by atoms with E-state index in [1.807, 2.05) is 18.2 Å². The van der Waals surface area contributed by atoms with Gasteiger partial charge in [0.2, 0.25) is 0 Å². The second-order valence-electron chi connectivity index (χ2n) is 4.17. The van der Waals surface area contributed by atoms with Crippen molar-refractivity contribution < 1.29 is 4.74 Å². The molecule has 0 aromatic heterocycles. The topological polar surface area (TPSA) is 47.3 Å². The Labute approximate surface area is 98.0 Å². The first kappa shape index (κ1) is 13.0. The highest BCUT2D eigenvalue weighted by atomic mass is 16.5. The predicted molar refractivity (Wildman–Crippen MR) is 67.3 cm³/mol. The van der Waals surface area contributed by atoms with Crippen LogP contribution in [0, 0.1) is 5.92 Å². The van der Waals surface area contributed by atoms with Crippen LogP contribution in [0.5, 0.6) is 5.75 Å². The van der Waals surface area contributed by atoms with Crippen LogP contribution in [0.2, 0.25) is 0 Å². The minimum atomic E-state index is 0.293. The van der Waals surface area contributed by atoms with Crippen LogP contribution in [0.1, 0.15) is 25.8 Å². The maximum atomic E-state index is 5.60. The molecule has 0 saturated heterocycles. The third-order valence-electron chi connectivity index (χ3n) is 3.18. The molecule has 0 saturated carbocycles. The van der Waals surface area contributed by atoms with Gasteiger partial charge in [0, 0.05) is 6.04 Å². The van der Waals surface area contributed by atoms with Crippen molar-refractivity contribution >= 4 is 0 Å². The van der Waals surface area contributed by atoms with Gasteiger partial charge in [-0.2, -0.15) is 0 Å². The Bertz CT molecular complexity index is 315. The van der Waals surface area contributed by atoms with Gasteiger partial charge >= 0.3 is 0 Å². The van der Waals surface area contributed by atoms with Gasteiger partial charge in [0.25, 0.3) is 0 Å². The van der Waals surface area contributed by atoms with Gasteiger partial charge in [-0.05, 0) is 24.0 Å². The summed E-state index contributed by atoms with van der Waals surface area (Å²) >= 11 is 0. The second kappa shape index (κ2) is 6.51. The Morgan fingerprint density at radius 2 is 2.06 bits per heavy atom. The van der Waals surface area contributed by atoms with Crippen molar-refractivity contribution in [2.45, 2.75) is 32.7 Å². The molecule has 0 spiro atoms. The molecular formula is C13H22N2O. The lowest BCUT2D eigenvalue weighted by Crippen LogP contribution is -2.41. The molecule has 2 atom stereocenters. The molecule has 3 N–H and O–H groups in total. The highest BCUT2D eigenvalue weighted by Gasteiger charge is 2.16. The summed E-state index contributed by atoms with van der Waals surface area (Å²) in [5.41, 5.74) is 4.10. The zero-order chi connectivity index (χ0) is 12.0. The Morgan fingerprint density at radius 3 is 2.62 bits per heavy atom. The fourth-order valence-electron chi connectivity index (χ4n) is 1.82. The van der Waals surface area contributed by atoms with Crippen LogP contribution < -0.4 is 16.0 Å². The molecule has 0 fully saturated rings. The van der Waals surface area contributed by atoms with E-state index in [1.165, 1.54) is 5.56 Å². The van der Waals surface area contributed by atoms with E-state index < -0.39 is 0 Å². The van der Waals surface area contributed by atoms with Crippen molar-refractivity contribution in [1.82, 2.24) is 5.43 Å². The van der Waals surface area contributed by atoms with Gasteiger partial charge in [-0.15, -0.1) is 0 Å². The number of nitrogens with one attached hydrogen (secondary N) is 1. The van der Waals surface area contributed by atoms with E-state index in [4.69, 9.17) is 10.6 Å². The molecule has 0 amide bonds. The van der Waals surface area contributed by atoms with Crippen LogP contribution in [0.4, 0.5) is 0 Å². The Hall–Kier alpha value is -1.06. The summed E-state index contributed by atoms with van der Waals surface area (Å²) in [4.78, 5) is 0. The quantitative estimate of drug-likeness (QED) is 0.572. The van der Waals surface area contributed by atoms with Crippen LogP contribution in [0.15, 0.2) is 24.3 Å². The van der Waals surface area contributed by atoms with Gasteiger partial charge < -0.3 is 4.74 Å². The molecule has 3 heteroatoms. The summed E-state index contributed by atoms with van der Waals surface area (Å²) in [6.07, 6.45) is 2.01. The summed E-state index contributed by atoms with van der Waals surface area (Å²) in [7, 11) is 1.70. The van der Waals surface area contributed by atoms with Crippen molar-refractivity contribution in [2.75, 3.05) is 7.11 Å². The zero-order valence-electron chi connectivity index (χ0n) is 10.4. The van der Waals surface area contributed by atoms with Gasteiger partial charge in [-0.1, -0.05) is 38.5 Å². The van der Waals surface area contributed by atoms with E-state index in [9.17, 15) is 0 Å². The van der Waals surface area contributed by atoms with Crippen molar-refractivity contribution in [2.24, 2.45) is 11.8 Å². The van der Waals surface area contributed by atoms with Gasteiger partial charge in [-0.3, -0.25) is 11.3 Å². The Balaban J connectivity index is 2.77. The minimum absolute atomic E-state index is 0.293. The van der Waals surface area contributed by atoms with Crippen molar-refractivity contribution in [3.05, 3.63) is 29.8 Å². The normalized spacial score (nSPS) is 14.5. The number of para-hydroxylation sites is 1. The first-order valence-corrected chi connectivity index (χ1v) is 5.80. The van der Waals surface area contributed by atoms with Crippen LogP contribution in [0.3, 0.4) is 0 Å². The van der Waals surface area contributed by atoms with Crippen LogP contribution in [-0.2, 0) is 6.42 Å². The van der Waals surface area contributed by atoms with Crippen molar-refractivity contribution in [3.63, 3.8) is 0 Å². The van der Waals surface area contributed by atoms with Gasteiger partial charge in [-0.25, -0.2) is 0 Å². The molecule has 0 radical (unpaired) electrons. The summed E-state index contributed by atoms with van der Waals surface area (Å²) < 4.78 is 5.34. The fourth-order valence-corrected chi connectivity index (χ4v) is 1.82. The number of nitrogens with two attached hydrogens (primary N) is 1. The molecule has 3 nitrogen and oxygen atoms in total. The molecular weight excluding hydrogens is 200 g/mol. The molecule has 90 valence electrons. The molecule has 0 heterocycles. The lowest BCUT2D eigenvalue weighted by molar-refractivity contribution is 0.360. The van der Waals surface area contributed by atoms with Crippen molar-refractivity contribution in [1.29, 1.82) is 0 Å². The number of methoxy groups -OCH3 is 1. The van der Waals surface area contributed by atoms with E-state index >= 15 is 0 Å². The first-order valence-electron chi connectivity index (χ1n) is 5.80. The fraction of sp³-hybridized carbons (Fsp3) is 0.538. The summed E-state index contributed by atoms with van der Waals surface area (Å²) in [5.74, 6) is 7.08. The summed E-state index contributed by atoms with van der Waals surface area (Å²) in [6, 6.07) is 8.38. The van der Waals surface area contributed by atoms with E-state index in [0.717, 1.165) is 18.6 Å². The number of hydrogen-bond donors (Lipinski definition) is 2. The van der Waals surface area contributed by atoms with E-state index in [2.05, 4.69) is 25.3 Å². The monoisotopic (exact) mass is 222 g/mol. The van der Waals surface area contributed by atoms with E-state index in [0.29, 0.717) is 12.0 Å². The Kier molecular flexibility index (Phi) is 5.29. The van der Waals surface area contributed by atoms with Gasteiger partial charge in [0.1, 0.15) is 5.75 Å². The SMILES string of the molecule is CCC(C)C(Cc1ccccc1OC)NN. The van der Waals surface area contributed by atoms with E-state index in [-0.39, 0.29) is 0 Å². The number of ether oxygens (including phenoxy) is 1. The number of hydrazine groups is 1. The molecule has 0 aliphatic rings. The highest BCUT2D eigenvalue weighted by Crippen LogP contribution is 2.21. The maximum Gasteiger partial charge on any atom is 0.122 e. The molecule has 0 bridgehead atoms. The summed E-state index contributed by atoms with van der Waals surface area (Å²) in [6.45, 7) is 4.39.